The number of hydrogen-bond donors (Lipinski definition) is 1. The van der Waals surface area contributed by atoms with E-state index in [4.69, 9.17) is 5.73 Å². The summed E-state index contributed by atoms with van der Waals surface area (Å²) in [6.45, 7) is 4.27. The van der Waals surface area contributed by atoms with Gasteiger partial charge in [0.05, 0.1) is 0 Å². The minimum absolute atomic E-state index is 0.0399. The van der Waals surface area contributed by atoms with E-state index in [0.29, 0.717) is 5.41 Å². The first-order valence-electron chi connectivity index (χ1n) is 5.83. The van der Waals surface area contributed by atoms with Gasteiger partial charge in [-0.25, -0.2) is 0 Å². The molecule has 1 unspecified atom stereocenters. The van der Waals surface area contributed by atoms with Crippen LogP contribution < -0.4 is 5.73 Å². The number of amides is 1. The normalized spacial score (nSPS) is 23.9. The number of nitrogens with two attached hydrogens (primary N) is 1. The highest BCUT2D eigenvalue weighted by Gasteiger charge is 2.28. The highest BCUT2D eigenvalue weighted by atomic mass is 16.1. The summed E-state index contributed by atoms with van der Waals surface area (Å²) < 4.78 is 0. The topological polar surface area (TPSA) is 43.1 Å². The number of primary amides is 1. The van der Waals surface area contributed by atoms with E-state index in [0.717, 1.165) is 6.42 Å². The zero-order chi connectivity index (χ0) is 10.6. The summed E-state index contributed by atoms with van der Waals surface area (Å²) in [5, 5.41) is 0. The largest absolute Gasteiger partial charge is 0.369 e. The van der Waals surface area contributed by atoms with E-state index in [9.17, 15) is 4.79 Å². The molecule has 1 amide bonds. The van der Waals surface area contributed by atoms with Gasteiger partial charge < -0.3 is 5.73 Å². The molecule has 1 rings (SSSR count). The Hall–Kier alpha value is -0.530. The summed E-state index contributed by atoms with van der Waals surface area (Å²) in [5.74, 6) is -0.103. The molecule has 1 saturated carbocycles. The quantitative estimate of drug-likeness (QED) is 0.695. The van der Waals surface area contributed by atoms with Crippen LogP contribution in [0.2, 0.25) is 0 Å². The van der Waals surface area contributed by atoms with Crippen molar-refractivity contribution in [1.82, 2.24) is 0 Å². The average Bonchev–Trinajstić information content (AvgIpc) is 2.30. The summed E-state index contributed by atoms with van der Waals surface area (Å²) in [6, 6.07) is 0. The lowest BCUT2D eigenvalue weighted by atomic mass is 9.75. The van der Waals surface area contributed by atoms with Crippen LogP contribution >= 0.6 is 0 Å². The van der Waals surface area contributed by atoms with Crippen LogP contribution in [0, 0.1) is 11.3 Å². The van der Waals surface area contributed by atoms with Crippen molar-refractivity contribution in [2.45, 2.75) is 58.8 Å². The Morgan fingerprint density at radius 1 is 1.29 bits per heavy atom. The molecular formula is C12H23NO. The lowest BCUT2D eigenvalue weighted by Crippen LogP contribution is -2.27. The maximum Gasteiger partial charge on any atom is 0.220 e. The van der Waals surface area contributed by atoms with E-state index in [2.05, 4.69) is 6.92 Å². The Morgan fingerprint density at radius 2 is 1.79 bits per heavy atom. The van der Waals surface area contributed by atoms with Crippen LogP contribution in [0.15, 0.2) is 0 Å². The van der Waals surface area contributed by atoms with Crippen LogP contribution in [0.5, 0.6) is 0 Å². The number of rotatable bonds is 3. The molecule has 0 heterocycles. The number of hydrogen-bond acceptors (Lipinski definition) is 1. The van der Waals surface area contributed by atoms with Crippen LogP contribution in [-0.2, 0) is 4.79 Å². The Balaban J connectivity index is 2.50. The first-order chi connectivity index (χ1) is 6.53. The smallest absolute Gasteiger partial charge is 0.220 e. The molecule has 2 nitrogen and oxygen atoms in total. The standard InChI is InChI=1S/C12H23NO/c1-10(11(13)14)9-12(2)7-5-3-4-6-8-12/h10H,3-9H2,1-2H3,(H2,13,14). The van der Waals surface area contributed by atoms with Crippen molar-refractivity contribution in [3.8, 4) is 0 Å². The van der Waals surface area contributed by atoms with E-state index in [1.165, 1.54) is 38.5 Å². The van der Waals surface area contributed by atoms with Gasteiger partial charge in [0.1, 0.15) is 0 Å². The summed E-state index contributed by atoms with van der Waals surface area (Å²) in [5.41, 5.74) is 5.68. The van der Waals surface area contributed by atoms with E-state index >= 15 is 0 Å². The third-order valence-electron chi connectivity index (χ3n) is 3.60. The van der Waals surface area contributed by atoms with Crippen molar-refractivity contribution in [1.29, 1.82) is 0 Å². The third-order valence-corrected chi connectivity index (χ3v) is 3.60. The van der Waals surface area contributed by atoms with Crippen LogP contribution in [0.4, 0.5) is 0 Å². The molecule has 0 aliphatic heterocycles. The van der Waals surface area contributed by atoms with Crippen LogP contribution in [-0.4, -0.2) is 5.91 Å². The van der Waals surface area contributed by atoms with Gasteiger partial charge >= 0.3 is 0 Å². The number of carbonyl (C=O) groups excluding carboxylic acids is 1. The molecule has 1 aliphatic rings. The molecule has 2 heteroatoms. The average molecular weight is 197 g/mol. The van der Waals surface area contributed by atoms with Gasteiger partial charge in [-0.15, -0.1) is 0 Å². The maximum atomic E-state index is 11.0. The van der Waals surface area contributed by atoms with Gasteiger partial charge in [-0.05, 0) is 24.7 Å². The third kappa shape index (κ3) is 3.32. The van der Waals surface area contributed by atoms with E-state index in [1.807, 2.05) is 6.92 Å². The first kappa shape index (κ1) is 11.5. The van der Waals surface area contributed by atoms with Crippen molar-refractivity contribution in [2.24, 2.45) is 17.1 Å². The second-order valence-electron chi connectivity index (χ2n) is 5.23. The molecule has 0 aromatic carbocycles. The molecule has 0 radical (unpaired) electrons. The molecule has 1 fully saturated rings. The Morgan fingerprint density at radius 3 is 2.21 bits per heavy atom. The van der Waals surface area contributed by atoms with Gasteiger partial charge in [0, 0.05) is 5.92 Å². The van der Waals surface area contributed by atoms with Gasteiger partial charge in [0.15, 0.2) is 0 Å². The molecule has 2 N–H and O–H groups in total. The van der Waals surface area contributed by atoms with Crippen LogP contribution in [0.25, 0.3) is 0 Å². The number of carbonyl (C=O) groups is 1. The van der Waals surface area contributed by atoms with Crippen molar-refractivity contribution >= 4 is 5.91 Å². The van der Waals surface area contributed by atoms with E-state index in [-0.39, 0.29) is 11.8 Å². The van der Waals surface area contributed by atoms with Crippen molar-refractivity contribution in [2.75, 3.05) is 0 Å². The zero-order valence-electron chi connectivity index (χ0n) is 9.51. The highest BCUT2D eigenvalue weighted by molar-refractivity contribution is 5.76. The van der Waals surface area contributed by atoms with E-state index in [1.54, 1.807) is 0 Å². The minimum Gasteiger partial charge on any atom is -0.369 e. The molecule has 1 atom stereocenters. The van der Waals surface area contributed by atoms with E-state index < -0.39 is 0 Å². The molecule has 82 valence electrons. The molecule has 14 heavy (non-hydrogen) atoms. The summed E-state index contributed by atoms with van der Waals surface area (Å²) in [6.07, 6.45) is 8.88. The molecule has 0 saturated heterocycles. The predicted octanol–water partition coefficient (Wildman–Crippen LogP) is 2.86. The molecule has 0 bridgehead atoms. The molecule has 0 aromatic rings. The minimum atomic E-state index is -0.143. The zero-order valence-corrected chi connectivity index (χ0v) is 9.51. The summed E-state index contributed by atoms with van der Waals surface area (Å²) in [4.78, 5) is 11.0. The van der Waals surface area contributed by atoms with Gasteiger partial charge in [-0.1, -0.05) is 39.5 Å². The van der Waals surface area contributed by atoms with Gasteiger partial charge in [-0.2, -0.15) is 0 Å². The molecular weight excluding hydrogens is 174 g/mol. The second-order valence-corrected chi connectivity index (χ2v) is 5.23. The van der Waals surface area contributed by atoms with Crippen molar-refractivity contribution in [3.63, 3.8) is 0 Å². The first-order valence-corrected chi connectivity index (χ1v) is 5.83. The van der Waals surface area contributed by atoms with Crippen molar-refractivity contribution < 1.29 is 4.79 Å². The molecule has 0 aromatic heterocycles. The van der Waals surface area contributed by atoms with Crippen LogP contribution in [0.1, 0.15) is 58.8 Å². The Kier molecular flexibility index (Phi) is 3.97. The summed E-state index contributed by atoms with van der Waals surface area (Å²) >= 11 is 0. The van der Waals surface area contributed by atoms with Gasteiger partial charge in [0.25, 0.3) is 0 Å². The summed E-state index contributed by atoms with van der Waals surface area (Å²) in [7, 11) is 0. The lowest BCUT2D eigenvalue weighted by molar-refractivity contribution is -0.122. The monoisotopic (exact) mass is 197 g/mol. The lowest BCUT2D eigenvalue weighted by Gasteiger charge is -2.30. The fourth-order valence-corrected chi connectivity index (χ4v) is 2.63. The fraction of sp³-hybridized carbons (Fsp3) is 0.917. The highest BCUT2D eigenvalue weighted by Crippen LogP contribution is 2.39. The van der Waals surface area contributed by atoms with Gasteiger partial charge in [-0.3, -0.25) is 4.79 Å². The fourth-order valence-electron chi connectivity index (χ4n) is 2.63. The molecule has 0 spiro atoms. The Bertz CT molecular complexity index is 192. The SMILES string of the molecule is CC(CC1(C)CCCCCC1)C(N)=O. The second kappa shape index (κ2) is 4.81. The van der Waals surface area contributed by atoms with Crippen LogP contribution in [0.3, 0.4) is 0 Å². The van der Waals surface area contributed by atoms with Gasteiger partial charge in [0.2, 0.25) is 5.91 Å². The van der Waals surface area contributed by atoms with Crippen molar-refractivity contribution in [3.05, 3.63) is 0 Å². The predicted molar refractivity (Wildman–Crippen MR) is 58.8 cm³/mol. The Labute approximate surface area is 87.2 Å². The maximum absolute atomic E-state index is 11.0. The molecule has 1 aliphatic carbocycles.